The maximum atomic E-state index is 6.10. The van der Waals surface area contributed by atoms with Crippen molar-refractivity contribution in [1.82, 2.24) is 9.80 Å². The Labute approximate surface area is 106 Å². The van der Waals surface area contributed by atoms with E-state index >= 15 is 0 Å². The molecule has 2 N–H and O–H groups in total. The molecule has 2 unspecified atom stereocenters. The van der Waals surface area contributed by atoms with Crippen molar-refractivity contribution in [2.45, 2.75) is 39.2 Å². The van der Waals surface area contributed by atoms with Gasteiger partial charge in [0.25, 0.3) is 0 Å². The minimum Gasteiger partial charge on any atom is -0.329 e. The van der Waals surface area contributed by atoms with Gasteiger partial charge in [-0.05, 0) is 44.3 Å². The first kappa shape index (κ1) is 13.3. The average Bonchev–Trinajstić information content (AvgIpc) is 2.83. The van der Waals surface area contributed by atoms with E-state index in [9.17, 15) is 0 Å². The van der Waals surface area contributed by atoms with E-state index in [1.165, 1.54) is 32.5 Å². The van der Waals surface area contributed by atoms with Crippen LogP contribution < -0.4 is 5.73 Å². The Morgan fingerprint density at radius 3 is 2.41 bits per heavy atom. The molecule has 3 nitrogen and oxygen atoms in total. The molecule has 17 heavy (non-hydrogen) atoms. The third kappa shape index (κ3) is 2.51. The van der Waals surface area contributed by atoms with Gasteiger partial charge in [0.15, 0.2) is 0 Å². The number of likely N-dealkylation sites (tertiary alicyclic amines) is 2. The van der Waals surface area contributed by atoms with E-state index in [2.05, 4.69) is 37.6 Å². The van der Waals surface area contributed by atoms with Crippen LogP contribution in [0.3, 0.4) is 0 Å². The van der Waals surface area contributed by atoms with Gasteiger partial charge in [-0.3, -0.25) is 4.90 Å². The van der Waals surface area contributed by atoms with Crippen molar-refractivity contribution in [1.29, 1.82) is 0 Å². The molecular weight excluding hydrogens is 210 g/mol. The zero-order chi connectivity index (χ0) is 12.7. The largest absolute Gasteiger partial charge is 0.329 e. The number of likely N-dealkylation sites (N-methyl/N-ethyl adjacent to an activating group) is 1. The highest BCUT2D eigenvalue weighted by molar-refractivity contribution is 5.02. The summed E-state index contributed by atoms with van der Waals surface area (Å²) in [5, 5.41) is 0. The zero-order valence-electron chi connectivity index (χ0n) is 12.0. The van der Waals surface area contributed by atoms with E-state index in [0.717, 1.165) is 19.0 Å². The van der Waals surface area contributed by atoms with Crippen LogP contribution >= 0.6 is 0 Å². The number of rotatable bonds is 2. The molecule has 2 aliphatic rings. The Morgan fingerprint density at radius 1 is 1.29 bits per heavy atom. The second kappa shape index (κ2) is 4.52. The van der Waals surface area contributed by atoms with Gasteiger partial charge >= 0.3 is 0 Å². The van der Waals surface area contributed by atoms with Crippen molar-refractivity contribution in [3.63, 3.8) is 0 Å². The first-order valence-electron chi connectivity index (χ1n) is 7.01. The summed E-state index contributed by atoms with van der Waals surface area (Å²) in [6.45, 7) is 12.8. The van der Waals surface area contributed by atoms with Crippen LogP contribution in [0.25, 0.3) is 0 Å². The highest BCUT2D eigenvalue weighted by Gasteiger charge is 2.45. The SMILES string of the molecule is CN1CCC(CN)(N2CCC(C(C)(C)C)C2)C1. The lowest BCUT2D eigenvalue weighted by molar-refractivity contribution is 0.114. The molecule has 2 fully saturated rings. The van der Waals surface area contributed by atoms with Crippen LogP contribution in [-0.4, -0.2) is 55.1 Å². The van der Waals surface area contributed by atoms with E-state index in [1.54, 1.807) is 0 Å². The van der Waals surface area contributed by atoms with Gasteiger partial charge in [-0.25, -0.2) is 0 Å². The summed E-state index contributed by atoms with van der Waals surface area (Å²) in [6, 6.07) is 0. The van der Waals surface area contributed by atoms with E-state index in [0.29, 0.717) is 5.41 Å². The molecule has 2 rings (SSSR count). The van der Waals surface area contributed by atoms with Crippen LogP contribution in [0.2, 0.25) is 0 Å². The van der Waals surface area contributed by atoms with E-state index in [4.69, 9.17) is 5.73 Å². The summed E-state index contributed by atoms with van der Waals surface area (Å²) < 4.78 is 0. The third-order valence-electron chi connectivity index (χ3n) is 4.99. The molecule has 0 spiro atoms. The highest BCUT2D eigenvalue weighted by Crippen LogP contribution is 2.38. The molecule has 0 bridgehead atoms. The highest BCUT2D eigenvalue weighted by atomic mass is 15.3. The lowest BCUT2D eigenvalue weighted by Gasteiger charge is -2.39. The van der Waals surface area contributed by atoms with E-state index in [1.807, 2.05) is 0 Å². The van der Waals surface area contributed by atoms with Gasteiger partial charge in [-0.1, -0.05) is 20.8 Å². The Kier molecular flexibility index (Phi) is 3.54. The molecule has 0 radical (unpaired) electrons. The molecule has 100 valence electrons. The summed E-state index contributed by atoms with van der Waals surface area (Å²) >= 11 is 0. The normalized spacial score (nSPS) is 36.9. The van der Waals surface area contributed by atoms with Crippen LogP contribution in [0.15, 0.2) is 0 Å². The Balaban J connectivity index is 2.04. The van der Waals surface area contributed by atoms with Crippen LogP contribution in [0.1, 0.15) is 33.6 Å². The molecule has 0 aromatic carbocycles. The topological polar surface area (TPSA) is 32.5 Å². The third-order valence-corrected chi connectivity index (χ3v) is 4.99. The molecule has 0 aromatic rings. The maximum Gasteiger partial charge on any atom is 0.0470 e. The summed E-state index contributed by atoms with van der Waals surface area (Å²) in [5.74, 6) is 0.830. The molecule has 0 amide bonds. The molecule has 0 saturated carbocycles. The summed E-state index contributed by atoms with van der Waals surface area (Å²) in [5.41, 5.74) is 6.81. The first-order valence-corrected chi connectivity index (χ1v) is 7.01. The number of hydrogen-bond donors (Lipinski definition) is 1. The fourth-order valence-corrected chi connectivity index (χ4v) is 3.51. The zero-order valence-corrected chi connectivity index (χ0v) is 12.0. The van der Waals surface area contributed by atoms with Crippen molar-refractivity contribution < 1.29 is 0 Å². The second-order valence-corrected chi connectivity index (χ2v) is 7.21. The number of nitrogens with two attached hydrogens (primary N) is 1. The van der Waals surface area contributed by atoms with Gasteiger partial charge in [-0.15, -0.1) is 0 Å². The maximum absolute atomic E-state index is 6.10. The lowest BCUT2D eigenvalue weighted by atomic mass is 9.80. The predicted octanol–water partition coefficient (Wildman–Crippen LogP) is 1.39. The summed E-state index contributed by atoms with van der Waals surface area (Å²) in [4.78, 5) is 5.11. The van der Waals surface area contributed by atoms with Crippen LogP contribution in [0.5, 0.6) is 0 Å². The van der Waals surface area contributed by atoms with Crippen LogP contribution in [-0.2, 0) is 0 Å². The number of hydrogen-bond acceptors (Lipinski definition) is 3. The minimum atomic E-state index is 0.273. The monoisotopic (exact) mass is 239 g/mol. The Hall–Kier alpha value is -0.120. The average molecular weight is 239 g/mol. The van der Waals surface area contributed by atoms with Gasteiger partial charge < -0.3 is 10.6 Å². The van der Waals surface area contributed by atoms with E-state index in [-0.39, 0.29) is 5.54 Å². The second-order valence-electron chi connectivity index (χ2n) is 7.21. The molecular formula is C14H29N3. The quantitative estimate of drug-likeness (QED) is 0.790. The first-order chi connectivity index (χ1) is 7.87. The van der Waals surface area contributed by atoms with Gasteiger partial charge in [-0.2, -0.15) is 0 Å². The molecule has 0 aromatic heterocycles. The fraction of sp³-hybridized carbons (Fsp3) is 1.00. The summed E-state index contributed by atoms with van der Waals surface area (Å²) in [7, 11) is 2.22. The van der Waals surface area contributed by atoms with Gasteiger partial charge in [0.05, 0.1) is 0 Å². The number of nitrogens with zero attached hydrogens (tertiary/aromatic N) is 2. The fourth-order valence-electron chi connectivity index (χ4n) is 3.51. The Morgan fingerprint density at radius 2 is 2.00 bits per heavy atom. The Bertz CT molecular complexity index is 271. The van der Waals surface area contributed by atoms with Crippen molar-refractivity contribution in [2.24, 2.45) is 17.1 Å². The van der Waals surface area contributed by atoms with Crippen LogP contribution in [0, 0.1) is 11.3 Å². The lowest BCUT2D eigenvalue weighted by Crippen LogP contribution is -2.54. The van der Waals surface area contributed by atoms with Gasteiger partial charge in [0, 0.05) is 25.2 Å². The molecule has 2 heterocycles. The van der Waals surface area contributed by atoms with Crippen molar-refractivity contribution in [2.75, 3.05) is 39.8 Å². The predicted molar refractivity (Wildman–Crippen MR) is 73.0 cm³/mol. The molecule has 2 saturated heterocycles. The summed E-state index contributed by atoms with van der Waals surface area (Å²) in [6.07, 6.45) is 2.59. The van der Waals surface area contributed by atoms with Gasteiger partial charge in [0.2, 0.25) is 0 Å². The van der Waals surface area contributed by atoms with Crippen LogP contribution in [0.4, 0.5) is 0 Å². The van der Waals surface area contributed by atoms with E-state index < -0.39 is 0 Å². The van der Waals surface area contributed by atoms with Gasteiger partial charge in [0.1, 0.15) is 0 Å². The molecule has 2 aliphatic heterocycles. The molecule has 0 aliphatic carbocycles. The molecule has 3 heteroatoms. The molecule has 2 atom stereocenters. The standard InChI is InChI=1S/C14H29N3/c1-13(2,3)12-5-7-17(9-12)14(10-15)6-8-16(4)11-14/h12H,5-11,15H2,1-4H3. The van der Waals surface area contributed by atoms with Crippen molar-refractivity contribution in [3.05, 3.63) is 0 Å². The smallest absolute Gasteiger partial charge is 0.0470 e. The van der Waals surface area contributed by atoms with Crippen molar-refractivity contribution >= 4 is 0 Å². The minimum absolute atomic E-state index is 0.273. The van der Waals surface area contributed by atoms with Crippen molar-refractivity contribution in [3.8, 4) is 0 Å².